The van der Waals surface area contributed by atoms with Gasteiger partial charge in [-0.15, -0.1) is 0 Å². The molecule has 0 atom stereocenters. The molecule has 0 saturated heterocycles. The minimum atomic E-state index is -3.45. The highest BCUT2D eigenvalue weighted by Gasteiger charge is 2.19. The van der Waals surface area contributed by atoms with Crippen molar-refractivity contribution < 1.29 is 12.8 Å². The Balaban J connectivity index is 1.19. The normalized spacial score (nSPS) is 11.9. The van der Waals surface area contributed by atoms with Crippen LogP contribution in [0.1, 0.15) is 16.7 Å². The molecule has 4 N–H and O–H groups in total. The molecule has 2 aromatic carbocycles. The minimum Gasteiger partial charge on any atom is -0.335 e. The zero-order valence-corrected chi connectivity index (χ0v) is 25.4. The third kappa shape index (κ3) is 6.24. The van der Waals surface area contributed by atoms with Gasteiger partial charge in [0.15, 0.2) is 5.82 Å². The van der Waals surface area contributed by atoms with Crippen molar-refractivity contribution in [2.75, 3.05) is 6.26 Å². The van der Waals surface area contributed by atoms with E-state index in [1.54, 1.807) is 30.9 Å². The first-order chi connectivity index (χ1) is 22.3. The number of nitrogens with one attached hydrogen (secondary N) is 4. The standard InChI is InChI=1S/C33H28FN9O2S/c1-46(44,45)39-16-21-9-23(12-25(34)11-21)27-18-37-19-28-30(27)41-33(40-28)32-26-7-8-38-29(31(26)42-43-32)24-10-22(15-36-17-24)14-35-13-20-5-3-2-4-6-20/h2-12,15,17-19,35,39H,13-14,16H2,1H3,(H,40,41)(H,42,43). The lowest BCUT2D eigenvalue weighted by molar-refractivity contribution is 0.586. The number of pyridine rings is 3. The molecule has 0 aliphatic carbocycles. The fourth-order valence-corrected chi connectivity index (χ4v) is 5.81. The number of nitrogens with zero attached hydrogens (tertiary/aromatic N) is 5. The lowest BCUT2D eigenvalue weighted by Crippen LogP contribution is -2.21. The second-order valence-corrected chi connectivity index (χ2v) is 12.8. The van der Waals surface area contributed by atoms with E-state index in [-0.39, 0.29) is 6.54 Å². The van der Waals surface area contributed by atoms with E-state index >= 15 is 0 Å². The monoisotopic (exact) mass is 633 g/mol. The summed E-state index contributed by atoms with van der Waals surface area (Å²) in [4.78, 5) is 21.6. The highest BCUT2D eigenvalue weighted by atomic mass is 32.2. The van der Waals surface area contributed by atoms with Crippen LogP contribution in [0.3, 0.4) is 0 Å². The van der Waals surface area contributed by atoms with Crippen molar-refractivity contribution >= 4 is 32.0 Å². The maximum atomic E-state index is 14.6. The van der Waals surface area contributed by atoms with Crippen molar-refractivity contribution in [3.8, 4) is 33.9 Å². The summed E-state index contributed by atoms with van der Waals surface area (Å²) in [5, 5.41) is 12.0. The van der Waals surface area contributed by atoms with Gasteiger partial charge in [-0.2, -0.15) is 5.10 Å². The molecule has 5 heterocycles. The molecule has 11 nitrogen and oxygen atoms in total. The Morgan fingerprint density at radius 3 is 2.48 bits per heavy atom. The zero-order chi connectivity index (χ0) is 31.7. The number of imidazole rings is 1. The van der Waals surface area contributed by atoms with Crippen LogP contribution in [-0.4, -0.2) is 49.8 Å². The Bertz CT molecular complexity index is 2300. The van der Waals surface area contributed by atoms with E-state index in [0.29, 0.717) is 51.5 Å². The van der Waals surface area contributed by atoms with Gasteiger partial charge in [0.1, 0.15) is 11.5 Å². The summed E-state index contributed by atoms with van der Waals surface area (Å²) in [5.74, 6) is -0.000528. The van der Waals surface area contributed by atoms with E-state index in [1.807, 2.05) is 30.5 Å². The van der Waals surface area contributed by atoms with Crippen LogP contribution >= 0.6 is 0 Å². The van der Waals surface area contributed by atoms with Crippen LogP contribution in [0.15, 0.2) is 91.6 Å². The average Bonchev–Trinajstić information content (AvgIpc) is 3.68. The summed E-state index contributed by atoms with van der Waals surface area (Å²) < 4.78 is 40.2. The Labute approximate surface area is 263 Å². The van der Waals surface area contributed by atoms with Gasteiger partial charge >= 0.3 is 0 Å². The largest absolute Gasteiger partial charge is 0.335 e. The van der Waals surface area contributed by atoms with Crippen LogP contribution in [0.5, 0.6) is 0 Å². The molecule has 0 aliphatic heterocycles. The van der Waals surface area contributed by atoms with E-state index < -0.39 is 15.8 Å². The van der Waals surface area contributed by atoms with Crippen LogP contribution in [0.2, 0.25) is 0 Å². The Hall–Kier alpha value is -5.37. The van der Waals surface area contributed by atoms with Gasteiger partial charge < -0.3 is 10.3 Å². The van der Waals surface area contributed by atoms with Gasteiger partial charge in [0.05, 0.1) is 34.7 Å². The Morgan fingerprint density at radius 2 is 1.63 bits per heavy atom. The summed E-state index contributed by atoms with van der Waals surface area (Å²) in [5.41, 5.74) is 7.91. The second-order valence-electron chi connectivity index (χ2n) is 10.9. The third-order valence-corrected chi connectivity index (χ3v) is 8.15. The number of hydrogen-bond donors (Lipinski definition) is 4. The molecular formula is C33H28FN9O2S. The molecule has 0 spiro atoms. The lowest BCUT2D eigenvalue weighted by Gasteiger charge is -2.07. The second kappa shape index (κ2) is 12.2. The van der Waals surface area contributed by atoms with E-state index in [2.05, 4.69) is 58.4 Å². The molecule has 0 saturated carbocycles. The maximum Gasteiger partial charge on any atom is 0.209 e. The maximum absolute atomic E-state index is 14.6. The van der Waals surface area contributed by atoms with E-state index in [4.69, 9.17) is 4.98 Å². The molecule has 230 valence electrons. The van der Waals surface area contributed by atoms with Crippen LogP contribution < -0.4 is 10.0 Å². The number of H-pyrrole nitrogens is 2. The van der Waals surface area contributed by atoms with Crippen molar-refractivity contribution in [3.05, 3.63) is 114 Å². The minimum absolute atomic E-state index is 0.0446. The quantitative estimate of drug-likeness (QED) is 0.162. The molecule has 0 amide bonds. The highest BCUT2D eigenvalue weighted by Crippen LogP contribution is 2.34. The van der Waals surface area contributed by atoms with E-state index in [9.17, 15) is 12.8 Å². The number of rotatable bonds is 10. The van der Waals surface area contributed by atoms with Crippen molar-refractivity contribution in [2.45, 2.75) is 19.6 Å². The molecule has 7 rings (SSSR count). The van der Waals surface area contributed by atoms with Gasteiger partial charge in [0, 0.05) is 60.9 Å². The van der Waals surface area contributed by atoms with Crippen molar-refractivity contribution in [3.63, 3.8) is 0 Å². The molecule has 0 aliphatic rings. The van der Waals surface area contributed by atoms with Gasteiger partial charge in [-0.25, -0.2) is 22.5 Å². The molecular weight excluding hydrogens is 605 g/mol. The number of sulfonamides is 1. The SMILES string of the molecule is CS(=O)(=O)NCc1cc(F)cc(-c2cncc3[nH]c(-c4n[nH]c5c(-c6cncc(CNCc7ccccc7)c6)nccc45)nc23)c1. The van der Waals surface area contributed by atoms with Gasteiger partial charge in [0.25, 0.3) is 0 Å². The molecule has 0 bridgehead atoms. The van der Waals surface area contributed by atoms with E-state index in [0.717, 1.165) is 34.8 Å². The number of hydrogen-bond acceptors (Lipinski definition) is 8. The first kappa shape index (κ1) is 29.3. The topological polar surface area (TPSA) is 154 Å². The number of fused-ring (bicyclic) bond motifs is 2. The summed E-state index contributed by atoms with van der Waals surface area (Å²) in [7, 11) is -3.45. The van der Waals surface area contributed by atoms with Crippen molar-refractivity contribution in [1.29, 1.82) is 0 Å². The van der Waals surface area contributed by atoms with Crippen LogP contribution in [0, 0.1) is 5.82 Å². The first-order valence-corrected chi connectivity index (χ1v) is 16.3. The number of aromatic amines is 2. The smallest absolute Gasteiger partial charge is 0.209 e. The fourth-order valence-electron chi connectivity index (χ4n) is 5.38. The van der Waals surface area contributed by atoms with Gasteiger partial charge in [0.2, 0.25) is 10.0 Å². The third-order valence-electron chi connectivity index (χ3n) is 7.48. The van der Waals surface area contributed by atoms with Crippen molar-refractivity contribution in [1.82, 2.24) is 45.2 Å². The number of benzene rings is 2. The van der Waals surface area contributed by atoms with Gasteiger partial charge in [-0.1, -0.05) is 30.3 Å². The molecule has 13 heteroatoms. The summed E-state index contributed by atoms with van der Waals surface area (Å²) in [6.07, 6.45) is 9.65. The Kier molecular flexibility index (Phi) is 7.78. The predicted octanol–water partition coefficient (Wildman–Crippen LogP) is 5.10. The van der Waals surface area contributed by atoms with Crippen LogP contribution in [0.4, 0.5) is 4.39 Å². The highest BCUT2D eigenvalue weighted by molar-refractivity contribution is 7.88. The molecule has 0 fully saturated rings. The van der Waals surface area contributed by atoms with Crippen LogP contribution in [0.25, 0.3) is 55.8 Å². The zero-order valence-electron chi connectivity index (χ0n) is 24.6. The van der Waals surface area contributed by atoms with Gasteiger partial charge in [-0.05, 0) is 52.6 Å². The first-order valence-electron chi connectivity index (χ1n) is 14.4. The number of aromatic nitrogens is 7. The van der Waals surface area contributed by atoms with Crippen LogP contribution in [-0.2, 0) is 29.7 Å². The Morgan fingerprint density at radius 1 is 0.826 bits per heavy atom. The van der Waals surface area contributed by atoms with Crippen molar-refractivity contribution in [2.24, 2.45) is 0 Å². The van der Waals surface area contributed by atoms with Gasteiger partial charge in [-0.3, -0.25) is 20.1 Å². The average molecular weight is 634 g/mol. The molecule has 0 unspecified atom stereocenters. The van der Waals surface area contributed by atoms with E-state index in [1.165, 1.54) is 17.7 Å². The summed E-state index contributed by atoms with van der Waals surface area (Å²) >= 11 is 0. The molecule has 0 radical (unpaired) electrons. The molecule has 7 aromatic rings. The predicted molar refractivity (Wildman–Crippen MR) is 174 cm³/mol. The summed E-state index contributed by atoms with van der Waals surface area (Å²) in [6.45, 7) is 1.35. The fraction of sp³-hybridized carbons (Fsp3) is 0.121. The molecule has 46 heavy (non-hydrogen) atoms. The lowest BCUT2D eigenvalue weighted by atomic mass is 10.0. The number of halogens is 1. The molecule has 5 aromatic heterocycles. The summed E-state index contributed by atoms with van der Waals surface area (Å²) in [6, 6.07) is 18.5.